The highest BCUT2D eigenvalue weighted by atomic mass is 16.3. The molecule has 0 saturated carbocycles. The van der Waals surface area contributed by atoms with E-state index in [-0.39, 0.29) is 0 Å². The predicted molar refractivity (Wildman–Crippen MR) is 56.1 cm³/mol. The van der Waals surface area contributed by atoms with Crippen LogP contribution in [-0.2, 0) is 0 Å². The minimum atomic E-state index is 0.324. The molecule has 1 unspecified atom stereocenters. The van der Waals surface area contributed by atoms with E-state index >= 15 is 0 Å². The van der Waals surface area contributed by atoms with E-state index in [2.05, 4.69) is 19.2 Å². The van der Waals surface area contributed by atoms with E-state index in [1.807, 2.05) is 18.2 Å². The summed E-state index contributed by atoms with van der Waals surface area (Å²) in [6.07, 6.45) is 2.27. The van der Waals surface area contributed by atoms with E-state index < -0.39 is 0 Å². The van der Waals surface area contributed by atoms with Gasteiger partial charge in [0.2, 0.25) is 0 Å². The lowest BCUT2D eigenvalue weighted by Gasteiger charge is -2.14. The smallest absolute Gasteiger partial charge is 0.138 e. The van der Waals surface area contributed by atoms with Crippen LogP contribution >= 0.6 is 0 Å². The first-order chi connectivity index (χ1) is 6.24. The van der Waals surface area contributed by atoms with Crippen molar-refractivity contribution in [2.24, 2.45) is 0 Å². The van der Waals surface area contributed by atoms with Crippen molar-refractivity contribution in [1.82, 2.24) is 0 Å². The third-order valence-electron chi connectivity index (χ3n) is 2.03. The van der Waals surface area contributed by atoms with Crippen molar-refractivity contribution in [3.8, 4) is 5.75 Å². The lowest BCUT2D eigenvalue weighted by molar-refractivity contribution is 0.476. The third-order valence-corrected chi connectivity index (χ3v) is 2.03. The molecule has 0 heterocycles. The Kier molecular flexibility index (Phi) is 3.62. The SMILES string of the molecule is CCCC(C)Nc1ccccc1O. The summed E-state index contributed by atoms with van der Waals surface area (Å²) in [5.74, 6) is 0.324. The van der Waals surface area contributed by atoms with Gasteiger partial charge < -0.3 is 10.4 Å². The second-order valence-electron chi connectivity index (χ2n) is 3.35. The molecular formula is C11H17NO. The third kappa shape index (κ3) is 2.98. The van der Waals surface area contributed by atoms with Crippen molar-refractivity contribution in [2.45, 2.75) is 32.7 Å². The van der Waals surface area contributed by atoms with Crippen molar-refractivity contribution in [3.05, 3.63) is 24.3 Å². The molecule has 1 aromatic carbocycles. The molecule has 2 nitrogen and oxygen atoms in total. The molecule has 1 atom stereocenters. The van der Waals surface area contributed by atoms with Gasteiger partial charge in [0.25, 0.3) is 0 Å². The maximum Gasteiger partial charge on any atom is 0.138 e. The maximum absolute atomic E-state index is 9.47. The molecule has 72 valence electrons. The van der Waals surface area contributed by atoms with E-state index in [1.165, 1.54) is 0 Å². The summed E-state index contributed by atoms with van der Waals surface area (Å²) in [6, 6.07) is 7.74. The fraction of sp³-hybridized carbons (Fsp3) is 0.455. The lowest BCUT2D eigenvalue weighted by Crippen LogP contribution is -2.14. The van der Waals surface area contributed by atoms with E-state index in [9.17, 15) is 5.11 Å². The number of rotatable bonds is 4. The highest BCUT2D eigenvalue weighted by Gasteiger charge is 2.03. The largest absolute Gasteiger partial charge is 0.506 e. The average Bonchev–Trinajstić information content (AvgIpc) is 2.09. The minimum Gasteiger partial charge on any atom is -0.506 e. The molecule has 0 aromatic heterocycles. The minimum absolute atomic E-state index is 0.324. The van der Waals surface area contributed by atoms with Crippen LogP contribution in [0.2, 0.25) is 0 Å². The van der Waals surface area contributed by atoms with Crippen molar-refractivity contribution in [2.75, 3.05) is 5.32 Å². The Morgan fingerprint density at radius 2 is 2.08 bits per heavy atom. The van der Waals surface area contributed by atoms with Gasteiger partial charge in [-0.2, -0.15) is 0 Å². The Morgan fingerprint density at radius 3 is 2.69 bits per heavy atom. The number of para-hydroxylation sites is 2. The summed E-state index contributed by atoms with van der Waals surface area (Å²) in [7, 11) is 0. The molecule has 0 aliphatic carbocycles. The topological polar surface area (TPSA) is 32.3 Å². The molecule has 1 rings (SSSR count). The first kappa shape index (κ1) is 9.90. The van der Waals surface area contributed by atoms with Crippen LogP contribution in [0.25, 0.3) is 0 Å². The maximum atomic E-state index is 9.47. The van der Waals surface area contributed by atoms with Gasteiger partial charge in [-0.3, -0.25) is 0 Å². The van der Waals surface area contributed by atoms with Gasteiger partial charge in [0.15, 0.2) is 0 Å². The van der Waals surface area contributed by atoms with E-state index in [0.717, 1.165) is 18.5 Å². The number of hydrogen-bond donors (Lipinski definition) is 2. The van der Waals surface area contributed by atoms with E-state index in [1.54, 1.807) is 6.07 Å². The second kappa shape index (κ2) is 4.75. The summed E-state index contributed by atoms with van der Waals surface area (Å²) < 4.78 is 0. The van der Waals surface area contributed by atoms with Gasteiger partial charge in [0.05, 0.1) is 5.69 Å². The number of hydrogen-bond acceptors (Lipinski definition) is 2. The normalized spacial score (nSPS) is 12.5. The molecule has 0 radical (unpaired) electrons. The number of phenolic OH excluding ortho intramolecular Hbond substituents is 1. The summed E-state index contributed by atoms with van der Waals surface area (Å²) in [6.45, 7) is 4.28. The standard InChI is InChI=1S/C11H17NO/c1-3-6-9(2)12-10-7-4-5-8-11(10)13/h4-5,7-9,12-13H,3,6H2,1-2H3. The molecule has 0 amide bonds. The zero-order chi connectivity index (χ0) is 9.68. The molecule has 0 bridgehead atoms. The van der Waals surface area contributed by atoms with Gasteiger partial charge in [-0.15, -0.1) is 0 Å². The van der Waals surface area contributed by atoms with Crippen LogP contribution in [0.3, 0.4) is 0 Å². The predicted octanol–water partition coefficient (Wildman–Crippen LogP) is 2.99. The van der Waals surface area contributed by atoms with Gasteiger partial charge in [0.1, 0.15) is 5.75 Å². The van der Waals surface area contributed by atoms with Gasteiger partial charge in [-0.05, 0) is 25.5 Å². The van der Waals surface area contributed by atoms with E-state index in [4.69, 9.17) is 0 Å². The molecule has 1 aromatic rings. The molecule has 0 fully saturated rings. The fourth-order valence-electron chi connectivity index (χ4n) is 1.37. The van der Waals surface area contributed by atoms with Crippen LogP contribution in [0.5, 0.6) is 5.75 Å². The molecule has 2 heteroatoms. The highest BCUT2D eigenvalue weighted by Crippen LogP contribution is 2.22. The van der Waals surface area contributed by atoms with Crippen LogP contribution in [0.15, 0.2) is 24.3 Å². The Labute approximate surface area is 79.6 Å². The monoisotopic (exact) mass is 179 g/mol. The zero-order valence-electron chi connectivity index (χ0n) is 8.25. The van der Waals surface area contributed by atoms with Crippen LogP contribution in [-0.4, -0.2) is 11.1 Å². The lowest BCUT2D eigenvalue weighted by atomic mass is 10.2. The van der Waals surface area contributed by atoms with Gasteiger partial charge in [-0.1, -0.05) is 25.5 Å². The fourth-order valence-corrected chi connectivity index (χ4v) is 1.37. The van der Waals surface area contributed by atoms with Crippen LogP contribution in [0.4, 0.5) is 5.69 Å². The molecule has 0 spiro atoms. The Hall–Kier alpha value is -1.18. The molecular weight excluding hydrogens is 162 g/mol. The Balaban J connectivity index is 2.58. The van der Waals surface area contributed by atoms with Crippen molar-refractivity contribution in [3.63, 3.8) is 0 Å². The number of phenols is 1. The van der Waals surface area contributed by atoms with Crippen molar-refractivity contribution in [1.29, 1.82) is 0 Å². The highest BCUT2D eigenvalue weighted by molar-refractivity contribution is 5.55. The summed E-state index contributed by atoms with van der Waals surface area (Å²) in [4.78, 5) is 0. The number of anilines is 1. The second-order valence-corrected chi connectivity index (χ2v) is 3.35. The molecule has 2 N–H and O–H groups in total. The quantitative estimate of drug-likeness (QED) is 0.696. The molecule has 0 saturated heterocycles. The number of benzene rings is 1. The van der Waals surface area contributed by atoms with Gasteiger partial charge >= 0.3 is 0 Å². The van der Waals surface area contributed by atoms with E-state index in [0.29, 0.717) is 11.8 Å². The molecule has 0 aliphatic heterocycles. The van der Waals surface area contributed by atoms with Gasteiger partial charge in [0, 0.05) is 6.04 Å². The number of aromatic hydroxyl groups is 1. The number of nitrogens with one attached hydrogen (secondary N) is 1. The summed E-state index contributed by atoms with van der Waals surface area (Å²) >= 11 is 0. The first-order valence-corrected chi connectivity index (χ1v) is 4.78. The van der Waals surface area contributed by atoms with Gasteiger partial charge in [-0.25, -0.2) is 0 Å². The Bertz CT molecular complexity index is 260. The van der Waals surface area contributed by atoms with Crippen LogP contribution < -0.4 is 5.32 Å². The summed E-state index contributed by atoms with van der Waals surface area (Å²) in [5.41, 5.74) is 0.823. The average molecular weight is 179 g/mol. The molecule has 13 heavy (non-hydrogen) atoms. The first-order valence-electron chi connectivity index (χ1n) is 4.78. The van der Waals surface area contributed by atoms with Crippen molar-refractivity contribution >= 4 is 5.69 Å². The van der Waals surface area contributed by atoms with Crippen LogP contribution in [0, 0.1) is 0 Å². The summed E-state index contributed by atoms with van der Waals surface area (Å²) in [5, 5.41) is 12.7. The zero-order valence-corrected chi connectivity index (χ0v) is 8.25. The molecule has 0 aliphatic rings. The van der Waals surface area contributed by atoms with Crippen LogP contribution in [0.1, 0.15) is 26.7 Å². The Morgan fingerprint density at radius 1 is 1.38 bits per heavy atom. The van der Waals surface area contributed by atoms with Crippen molar-refractivity contribution < 1.29 is 5.11 Å².